The molecule has 0 saturated carbocycles. The van der Waals surface area contributed by atoms with Crippen LogP contribution in [0.1, 0.15) is 31.4 Å². The highest BCUT2D eigenvalue weighted by atomic mass is 19.4. The number of carbonyl (C=O) groups excluding carboxylic acids is 2. The van der Waals surface area contributed by atoms with Gasteiger partial charge in [-0.25, -0.2) is 0 Å². The number of amides is 2. The summed E-state index contributed by atoms with van der Waals surface area (Å²) in [6.07, 6.45) is -2.09. The SMILES string of the molecule is CCC=C(C)C(=O)N(CC(=O)NC)Cc1cccc(C(F)(F)F)c1. The predicted molar refractivity (Wildman–Crippen MR) is 85.0 cm³/mol. The Kier molecular flexibility index (Phi) is 7.00. The van der Waals surface area contributed by atoms with Gasteiger partial charge in [0.2, 0.25) is 11.8 Å². The average Bonchev–Trinajstić information content (AvgIpc) is 2.53. The van der Waals surface area contributed by atoms with Crippen molar-refractivity contribution in [1.29, 1.82) is 0 Å². The summed E-state index contributed by atoms with van der Waals surface area (Å²) in [5, 5.41) is 2.41. The number of alkyl halides is 3. The van der Waals surface area contributed by atoms with Gasteiger partial charge in [-0.05, 0) is 31.0 Å². The highest BCUT2D eigenvalue weighted by molar-refractivity contribution is 5.95. The zero-order valence-corrected chi connectivity index (χ0v) is 13.9. The van der Waals surface area contributed by atoms with Crippen LogP contribution in [-0.2, 0) is 22.3 Å². The molecule has 0 saturated heterocycles. The van der Waals surface area contributed by atoms with Crippen LogP contribution in [0.25, 0.3) is 0 Å². The Bertz CT molecular complexity index is 625. The number of hydrogen-bond acceptors (Lipinski definition) is 2. The van der Waals surface area contributed by atoms with Crippen molar-refractivity contribution in [3.05, 3.63) is 47.0 Å². The molecule has 0 aromatic heterocycles. The van der Waals surface area contributed by atoms with Gasteiger partial charge in [-0.3, -0.25) is 9.59 Å². The fourth-order valence-electron chi connectivity index (χ4n) is 2.16. The standard InChI is InChI=1S/C17H21F3N2O2/c1-4-6-12(2)16(24)22(11-15(23)21-3)10-13-7-5-8-14(9-13)17(18,19)20/h5-9H,4,10-11H2,1-3H3,(H,21,23). The number of nitrogens with one attached hydrogen (secondary N) is 1. The summed E-state index contributed by atoms with van der Waals surface area (Å²) in [5.74, 6) is -0.766. The molecule has 0 aliphatic carbocycles. The molecule has 0 radical (unpaired) electrons. The second kappa shape index (κ2) is 8.52. The van der Waals surface area contributed by atoms with Crippen LogP contribution in [0.15, 0.2) is 35.9 Å². The van der Waals surface area contributed by atoms with Gasteiger partial charge in [0.25, 0.3) is 0 Å². The van der Waals surface area contributed by atoms with E-state index in [0.717, 1.165) is 12.1 Å². The molecule has 4 nitrogen and oxygen atoms in total. The van der Waals surface area contributed by atoms with Crippen LogP contribution in [0.4, 0.5) is 13.2 Å². The third-order valence-electron chi connectivity index (χ3n) is 3.38. The molecule has 1 aromatic rings. The first kappa shape index (κ1) is 19.7. The van der Waals surface area contributed by atoms with Crippen molar-refractivity contribution in [2.24, 2.45) is 0 Å². The highest BCUT2D eigenvalue weighted by Gasteiger charge is 2.30. The van der Waals surface area contributed by atoms with Crippen LogP contribution in [0.3, 0.4) is 0 Å². The Morgan fingerprint density at radius 2 is 1.96 bits per heavy atom. The van der Waals surface area contributed by atoms with Crippen molar-refractivity contribution in [2.75, 3.05) is 13.6 Å². The molecule has 0 unspecified atom stereocenters. The molecule has 0 atom stereocenters. The third-order valence-corrected chi connectivity index (χ3v) is 3.38. The maximum atomic E-state index is 12.8. The normalized spacial score (nSPS) is 12.0. The molecule has 132 valence electrons. The van der Waals surface area contributed by atoms with E-state index in [2.05, 4.69) is 5.32 Å². The Morgan fingerprint density at radius 1 is 1.29 bits per heavy atom. The second-order valence-electron chi connectivity index (χ2n) is 5.33. The van der Waals surface area contributed by atoms with E-state index in [-0.39, 0.29) is 24.9 Å². The van der Waals surface area contributed by atoms with Crippen LogP contribution in [0.5, 0.6) is 0 Å². The van der Waals surface area contributed by atoms with Crippen molar-refractivity contribution >= 4 is 11.8 Å². The molecule has 1 aromatic carbocycles. The van der Waals surface area contributed by atoms with E-state index in [0.29, 0.717) is 17.6 Å². The monoisotopic (exact) mass is 342 g/mol. The van der Waals surface area contributed by atoms with Crippen LogP contribution in [0, 0.1) is 0 Å². The molecular weight excluding hydrogens is 321 g/mol. The van der Waals surface area contributed by atoms with Crippen molar-refractivity contribution in [3.63, 3.8) is 0 Å². The number of allylic oxidation sites excluding steroid dienone is 1. The summed E-state index contributed by atoms with van der Waals surface area (Å²) in [5.41, 5.74) is -0.0204. The first-order valence-corrected chi connectivity index (χ1v) is 7.51. The van der Waals surface area contributed by atoms with E-state index in [9.17, 15) is 22.8 Å². The number of likely N-dealkylation sites (N-methyl/N-ethyl adjacent to an activating group) is 1. The number of benzene rings is 1. The zero-order chi connectivity index (χ0) is 18.3. The van der Waals surface area contributed by atoms with Gasteiger partial charge in [0, 0.05) is 19.2 Å². The molecule has 0 aliphatic heterocycles. The van der Waals surface area contributed by atoms with Gasteiger partial charge in [-0.15, -0.1) is 0 Å². The third kappa shape index (κ3) is 5.72. The van der Waals surface area contributed by atoms with Gasteiger partial charge >= 0.3 is 6.18 Å². The van der Waals surface area contributed by atoms with Crippen molar-refractivity contribution in [3.8, 4) is 0 Å². The average molecular weight is 342 g/mol. The minimum atomic E-state index is -4.45. The quantitative estimate of drug-likeness (QED) is 0.808. The Morgan fingerprint density at radius 3 is 2.50 bits per heavy atom. The maximum Gasteiger partial charge on any atom is 0.416 e. The number of hydrogen-bond donors (Lipinski definition) is 1. The molecular formula is C17H21F3N2O2. The molecule has 0 fully saturated rings. The molecule has 2 amide bonds. The summed E-state index contributed by atoms with van der Waals surface area (Å²) >= 11 is 0. The smallest absolute Gasteiger partial charge is 0.358 e. The summed E-state index contributed by atoms with van der Waals surface area (Å²) in [6, 6.07) is 4.74. The first-order valence-electron chi connectivity index (χ1n) is 7.51. The molecule has 7 heteroatoms. The van der Waals surface area contributed by atoms with E-state index in [1.807, 2.05) is 6.92 Å². The van der Waals surface area contributed by atoms with Gasteiger partial charge < -0.3 is 10.2 Å². The van der Waals surface area contributed by atoms with E-state index in [1.165, 1.54) is 24.1 Å². The lowest BCUT2D eigenvalue weighted by Crippen LogP contribution is -2.39. The predicted octanol–water partition coefficient (Wildman–Crippen LogP) is 3.14. The molecule has 0 aliphatic rings. The summed E-state index contributed by atoms with van der Waals surface area (Å²) in [7, 11) is 1.43. The van der Waals surface area contributed by atoms with Gasteiger partial charge in [-0.1, -0.05) is 25.1 Å². The molecule has 0 spiro atoms. The van der Waals surface area contributed by atoms with E-state index >= 15 is 0 Å². The number of rotatable bonds is 6. The van der Waals surface area contributed by atoms with Gasteiger partial charge in [-0.2, -0.15) is 13.2 Å². The fourth-order valence-corrected chi connectivity index (χ4v) is 2.16. The summed E-state index contributed by atoms with van der Waals surface area (Å²) < 4.78 is 38.4. The van der Waals surface area contributed by atoms with E-state index in [4.69, 9.17) is 0 Å². The van der Waals surface area contributed by atoms with Crippen LogP contribution < -0.4 is 5.32 Å². The minimum Gasteiger partial charge on any atom is -0.358 e. The maximum absolute atomic E-state index is 12.8. The van der Waals surface area contributed by atoms with Crippen LogP contribution in [0.2, 0.25) is 0 Å². The Hall–Kier alpha value is -2.31. The summed E-state index contributed by atoms with van der Waals surface area (Å²) in [4.78, 5) is 25.3. The number of carbonyl (C=O) groups is 2. The molecule has 24 heavy (non-hydrogen) atoms. The summed E-state index contributed by atoms with van der Waals surface area (Å²) in [6.45, 7) is 3.19. The lowest BCUT2D eigenvalue weighted by molar-refractivity contribution is -0.137. The molecule has 1 N–H and O–H groups in total. The largest absolute Gasteiger partial charge is 0.416 e. The zero-order valence-electron chi connectivity index (χ0n) is 13.9. The fraction of sp³-hybridized carbons (Fsp3) is 0.412. The van der Waals surface area contributed by atoms with Gasteiger partial charge in [0.05, 0.1) is 5.56 Å². The van der Waals surface area contributed by atoms with E-state index < -0.39 is 11.7 Å². The molecule has 0 bridgehead atoms. The first-order chi connectivity index (χ1) is 11.2. The Labute approximate surface area is 139 Å². The lowest BCUT2D eigenvalue weighted by atomic mass is 10.1. The van der Waals surface area contributed by atoms with Crippen molar-refractivity contribution in [2.45, 2.75) is 33.0 Å². The highest BCUT2D eigenvalue weighted by Crippen LogP contribution is 2.29. The number of halogens is 3. The minimum absolute atomic E-state index is 0.0783. The molecule has 1 rings (SSSR count). The van der Waals surface area contributed by atoms with Gasteiger partial charge in [0.15, 0.2) is 0 Å². The Balaban J connectivity index is 3.06. The molecule has 0 heterocycles. The van der Waals surface area contributed by atoms with Crippen LogP contribution in [-0.4, -0.2) is 30.3 Å². The van der Waals surface area contributed by atoms with Crippen LogP contribution >= 0.6 is 0 Å². The topological polar surface area (TPSA) is 49.4 Å². The van der Waals surface area contributed by atoms with Crippen molar-refractivity contribution in [1.82, 2.24) is 10.2 Å². The van der Waals surface area contributed by atoms with Crippen molar-refractivity contribution < 1.29 is 22.8 Å². The van der Waals surface area contributed by atoms with E-state index in [1.54, 1.807) is 13.0 Å². The second-order valence-corrected chi connectivity index (χ2v) is 5.33. The van der Waals surface area contributed by atoms with Gasteiger partial charge in [0.1, 0.15) is 6.54 Å². The lowest BCUT2D eigenvalue weighted by Gasteiger charge is -2.23. The number of nitrogens with zero attached hydrogens (tertiary/aromatic N) is 1.